The van der Waals surface area contributed by atoms with E-state index in [2.05, 4.69) is 12.0 Å². The van der Waals surface area contributed by atoms with Crippen molar-refractivity contribution in [3.63, 3.8) is 0 Å². The van der Waals surface area contributed by atoms with Gasteiger partial charge in [-0.2, -0.15) is 5.10 Å². The minimum absolute atomic E-state index is 0.528. The topological polar surface area (TPSA) is 38.0 Å². The van der Waals surface area contributed by atoms with Gasteiger partial charge in [-0.3, -0.25) is 4.68 Å². The molecule has 1 aromatic heterocycles. The number of hydrogen-bond acceptors (Lipinski definition) is 2. The van der Waals surface area contributed by atoms with Crippen LogP contribution in [0.4, 0.5) is 0 Å². The Bertz CT molecular complexity index is 299. The van der Waals surface area contributed by atoms with Gasteiger partial charge in [0.1, 0.15) is 0 Å². The Labute approximate surface area is 72.0 Å². The second-order valence-corrected chi connectivity index (χ2v) is 3.55. The van der Waals surface area contributed by atoms with Crippen molar-refractivity contribution in [1.82, 2.24) is 9.78 Å². The molecule has 1 saturated carbocycles. The van der Waals surface area contributed by atoms with E-state index >= 15 is 0 Å². The Hall–Kier alpha value is -0.830. The van der Waals surface area contributed by atoms with Crippen molar-refractivity contribution in [2.24, 2.45) is 7.05 Å². The molecule has 0 aromatic carbocycles. The van der Waals surface area contributed by atoms with Gasteiger partial charge >= 0.3 is 0 Å². The summed E-state index contributed by atoms with van der Waals surface area (Å²) in [6, 6.07) is 0. The van der Waals surface area contributed by atoms with Gasteiger partial charge in [-0.1, -0.05) is 6.92 Å². The average molecular weight is 166 g/mol. The van der Waals surface area contributed by atoms with E-state index in [0.717, 1.165) is 30.5 Å². The van der Waals surface area contributed by atoms with Crippen LogP contribution in [0.1, 0.15) is 31.0 Å². The van der Waals surface area contributed by atoms with Crippen LogP contribution in [0.3, 0.4) is 0 Å². The summed E-state index contributed by atoms with van der Waals surface area (Å²) in [6.07, 6.45) is 4.63. The lowest BCUT2D eigenvalue weighted by molar-refractivity contribution is 0.150. The van der Waals surface area contributed by atoms with Crippen LogP contribution in [0.15, 0.2) is 6.20 Å². The fourth-order valence-corrected chi connectivity index (χ4v) is 1.57. The molecule has 1 aliphatic carbocycles. The zero-order valence-corrected chi connectivity index (χ0v) is 7.54. The SMILES string of the molecule is CCc1nn(C)cc1C1(O)CC1. The van der Waals surface area contributed by atoms with Gasteiger partial charge in [-0.05, 0) is 19.3 Å². The van der Waals surface area contributed by atoms with Crippen LogP contribution in [0.5, 0.6) is 0 Å². The molecular weight excluding hydrogens is 152 g/mol. The largest absolute Gasteiger partial charge is 0.385 e. The van der Waals surface area contributed by atoms with Gasteiger partial charge in [0.2, 0.25) is 0 Å². The lowest BCUT2D eigenvalue weighted by Crippen LogP contribution is -2.05. The number of aliphatic hydroxyl groups is 1. The van der Waals surface area contributed by atoms with E-state index in [-0.39, 0.29) is 0 Å². The smallest absolute Gasteiger partial charge is 0.0932 e. The molecule has 1 aromatic rings. The van der Waals surface area contributed by atoms with Crippen LogP contribution in [0.2, 0.25) is 0 Å². The van der Waals surface area contributed by atoms with Gasteiger partial charge in [-0.15, -0.1) is 0 Å². The monoisotopic (exact) mass is 166 g/mol. The van der Waals surface area contributed by atoms with E-state index in [0.29, 0.717) is 0 Å². The first-order chi connectivity index (χ1) is 5.65. The summed E-state index contributed by atoms with van der Waals surface area (Å²) in [5, 5.41) is 14.2. The molecule has 1 fully saturated rings. The maximum atomic E-state index is 9.87. The molecule has 0 saturated heterocycles. The summed E-state index contributed by atoms with van der Waals surface area (Å²) in [4.78, 5) is 0. The predicted molar refractivity (Wildman–Crippen MR) is 45.7 cm³/mol. The average Bonchev–Trinajstić information content (AvgIpc) is 2.64. The third-order valence-electron chi connectivity index (χ3n) is 2.47. The number of aryl methyl sites for hydroxylation is 2. The molecule has 0 spiro atoms. The number of aromatic nitrogens is 2. The zero-order valence-electron chi connectivity index (χ0n) is 7.54. The van der Waals surface area contributed by atoms with E-state index in [4.69, 9.17) is 0 Å². The molecule has 1 N–H and O–H groups in total. The summed E-state index contributed by atoms with van der Waals surface area (Å²) in [5.41, 5.74) is 1.55. The van der Waals surface area contributed by atoms with E-state index < -0.39 is 5.60 Å². The third kappa shape index (κ3) is 1.05. The highest BCUT2D eigenvalue weighted by Gasteiger charge is 2.44. The normalized spacial score (nSPS) is 19.6. The Morgan fingerprint density at radius 3 is 2.83 bits per heavy atom. The zero-order chi connectivity index (χ0) is 8.77. The Balaban J connectivity index is 2.41. The van der Waals surface area contributed by atoms with E-state index in [1.807, 2.05) is 13.2 Å². The van der Waals surface area contributed by atoms with Gasteiger partial charge in [-0.25, -0.2) is 0 Å². The van der Waals surface area contributed by atoms with Crippen molar-refractivity contribution >= 4 is 0 Å². The second-order valence-electron chi connectivity index (χ2n) is 3.55. The molecule has 0 unspecified atom stereocenters. The molecule has 0 atom stereocenters. The highest BCUT2D eigenvalue weighted by molar-refractivity contribution is 5.29. The Kier molecular flexibility index (Phi) is 1.51. The fourth-order valence-electron chi connectivity index (χ4n) is 1.57. The molecule has 66 valence electrons. The molecule has 3 heteroatoms. The van der Waals surface area contributed by atoms with Crippen LogP contribution in [0, 0.1) is 0 Å². The highest BCUT2D eigenvalue weighted by atomic mass is 16.3. The van der Waals surface area contributed by atoms with Crippen LogP contribution < -0.4 is 0 Å². The molecule has 12 heavy (non-hydrogen) atoms. The van der Waals surface area contributed by atoms with Gasteiger partial charge in [0.25, 0.3) is 0 Å². The maximum absolute atomic E-state index is 9.87. The highest BCUT2D eigenvalue weighted by Crippen LogP contribution is 2.46. The maximum Gasteiger partial charge on any atom is 0.0932 e. The van der Waals surface area contributed by atoms with Crippen molar-refractivity contribution in [3.05, 3.63) is 17.5 Å². The van der Waals surface area contributed by atoms with Crippen molar-refractivity contribution in [2.45, 2.75) is 31.8 Å². The van der Waals surface area contributed by atoms with Crippen LogP contribution >= 0.6 is 0 Å². The van der Waals surface area contributed by atoms with E-state index in [1.165, 1.54) is 0 Å². The van der Waals surface area contributed by atoms with Crippen LogP contribution in [-0.4, -0.2) is 14.9 Å². The Morgan fingerprint density at radius 1 is 1.67 bits per heavy atom. The van der Waals surface area contributed by atoms with Gasteiger partial charge < -0.3 is 5.11 Å². The minimum Gasteiger partial charge on any atom is -0.385 e. The summed E-state index contributed by atoms with van der Waals surface area (Å²) in [7, 11) is 1.90. The van der Waals surface area contributed by atoms with E-state index in [9.17, 15) is 5.11 Å². The molecule has 2 rings (SSSR count). The number of hydrogen-bond donors (Lipinski definition) is 1. The van der Waals surface area contributed by atoms with Gasteiger partial charge in [0, 0.05) is 18.8 Å². The van der Waals surface area contributed by atoms with Crippen molar-refractivity contribution in [3.8, 4) is 0 Å². The molecule has 0 amide bonds. The van der Waals surface area contributed by atoms with Crippen molar-refractivity contribution in [2.75, 3.05) is 0 Å². The van der Waals surface area contributed by atoms with Gasteiger partial charge in [0.15, 0.2) is 0 Å². The van der Waals surface area contributed by atoms with Crippen molar-refractivity contribution < 1.29 is 5.11 Å². The Morgan fingerprint density at radius 2 is 2.33 bits per heavy atom. The summed E-state index contributed by atoms with van der Waals surface area (Å²) in [6.45, 7) is 2.07. The summed E-state index contributed by atoms with van der Waals surface area (Å²) in [5.74, 6) is 0. The molecule has 1 aliphatic rings. The van der Waals surface area contributed by atoms with E-state index in [1.54, 1.807) is 4.68 Å². The first-order valence-electron chi connectivity index (χ1n) is 4.41. The molecule has 3 nitrogen and oxygen atoms in total. The third-order valence-corrected chi connectivity index (χ3v) is 2.47. The first kappa shape index (κ1) is 7.80. The van der Waals surface area contributed by atoms with Crippen LogP contribution in [0.25, 0.3) is 0 Å². The minimum atomic E-state index is -0.528. The summed E-state index contributed by atoms with van der Waals surface area (Å²) >= 11 is 0. The molecule has 1 heterocycles. The molecule has 0 radical (unpaired) electrons. The molecule has 0 aliphatic heterocycles. The van der Waals surface area contributed by atoms with Crippen molar-refractivity contribution in [1.29, 1.82) is 0 Å². The standard InChI is InChI=1S/C9H14N2O/c1-3-8-7(6-11(2)10-8)9(12)4-5-9/h6,12H,3-5H2,1-2H3. The molecular formula is C9H14N2O. The number of nitrogens with zero attached hydrogens (tertiary/aromatic N) is 2. The number of rotatable bonds is 2. The quantitative estimate of drug-likeness (QED) is 0.710. The lowest BCUT2D eigenvalue weighted by Gasteiger charge is -2.04. The first-order valence-corrected chi connectivity index (χ1v) is 4.41. The fraction of sp³-hybridized carbons (Fsp3) is 0.667. The second kappa shape index (κ2) is 2.33. The predicted octanol–water partition coefficient (Wildman–Crippen LogP) is 0.964. The molecule has 0 bridgehead atoms. The van der Waals surface area contributed by atoms with Crippen LogP contribution in [-0.2, 0) is 19.1 Å². The summed E-state index contributed by atoms with van der Waals surface area (Å²) < 4.78 is 1.78. The lowest BCUT2D eigenvalue weighted by atomic mass is 10.1. The van der Waals surface area contributed by atoms with Gasteiger partial charge in [0.05, 0.1) is 11.3 Å².